The summed E-state index contributed by atoms with van der Waals surface area (Å²) in [6.07, 6.45) is 2.80. The second-order valence-corrected chi connectivity index (χ2v) is 8.66. The SMILES string of the molecule is CCNC(=NCC(CC)(CC)NC(=O)OC(C)(C)C)NCC1(OC)CCOCC1.I. The fourth-order valence-electron chi connectivity index (χ4n) is 3.22. The Bertz CT molecular complexity index is 528. The highest BCUT2D eigenvalue weighted by Crippen LogP contribution is 2.23. The Morgan fingerprint density at radius 1 is 1.10 bits per heavy atom. The Balaban J connectivity index is 0.00000841. The van der Waals surface area contributed by atoms with Gasteiger partial charge in [-0.3, -0.25) is 4.99 Å². The van der Waals surface area contributed by atoms with Gasteiger partial charge in [0.15, 0.2) is 5.96 Å². The van der Waals surface area contributed by atoms with Gasteiger partial charge in [-0.05, 0) is 40.5 Å². The van der Waals surface area contributed by atoms with Crippen LogP contribution in [-0.2, 0) is 14.2 Å². The lowest BCUT2D eigenvalue weighted by atomic mass is 9.93. The summed E-state index contributed by atoms with van der Waals surface area (Å²) in [6, 6.07) is 0. The molecule has 178 valence electrons. The highest BCUT2D eigenvalue weighted by atomic mass is 127. The summed E-state index contributed by atoms with van der Waals surface area (Å²) in [6.45, 7) is 15.0. The van der Waals surface area contributed by atoms with Crippen molar-refractivity contribution in [2.45, 2.75) is 84.0 Å². The van der Waals surface area contributed by atoms with Crippen LogP contribution in [0.1, 0.15) is 67.2 Å². The summed E-state index contributed by atoms with van der Waals surface area (Å²) >= 11 is 0. The highest BCUT2D eigenvalue weighted by molar-refractivity contribution is 14.0. The Hall–Kier alpha value is -0.810. The number of rotatable bonds is 9. The maximum absolute atomic E-state index is 12.3. The van der Waals surface area contributed by atoms with Crippen LogP contribution in [0.15, 0.2) is 4.99 Å². The minimum Gasteiger partial charge on any atom is -0.444 e. The first-order valence-electron chi connectivity index (χ1n) is 10.8. The molecule has 1 rings (SSSR count). The van der Waals surface area contributed by atoms with Crippen LogP contribution in [0.3, 0.4) is 0 Å². The average molecular weight is 543 g/mol. The maximum Gasteiger partial charge on any atom is 0.408 e. The van der Waals surface area contributed by atoms with E-state index in [1.807, 2.05) is 27.7 Å². The molecule has 0 bridgehead atoms. The van der Waals surface area contributed by atoms with Crippen molar-refractivity contribution in [1.29, 1.82) is 0 Å². The van der Waals surface area contributed by atoms with Crippen molar-refractivity contribution in [3.05, 3.63) is 0 Å². The Morgan fingerprint density at radius 3 is 2.17 bits per heavy atom. The van der Waals surface area contributed by atoms with Gasteiger partial charge in [0.1, 0.15) is 5.60 Å². The van der Waals surface area contributed by atoms with Crippen LogP contribution in [0.5, 0.6) is 0 Å². The molecule has 1 heterocycles. The zero-order valence-electron chi connectivity index (χ0n) is 19.9. The molecule has 0 unspecified atom stereocenters. The number of halogens is 1. The number of hydrogen-bond acceptors (Lipinski definition) is 5. The van der Waals surface area contributed by atoms with Crippen LogP contribution in [0, 0.1) is 0 Å². The first-order chi connectivity index (χ1) is 13.6. The Kier molecular flexibility index (Phi) is 13.2. The molecule has 8 nitrogen and oxygen atoms in total. The highest BCUT2D eigenvalue weighted by Gasteiger charge is 2.33. The van der Waals surface area contributed by atoms with E-state index >= 15 is 0 Å². The number of alkyl carbamates (subject to hydrolysis) is 1. The number of aliphatic imine (C=N–C) groups is 1. The zero-order valence-corrected chi connectivity index (χ0v) is 22.2. The molecule has 1 saturated heterocycles. The second-order valence-electron chi connectivity index (χ2n) is 8.66. The van der Waals surface area contributed by atoms with Gasteiger partial charge in [-0.2, -0.15) is 0 Å². The molecule has 0 aromatic carbocycles. The predicted octanol–water partition coefficient (Wildman–Crippen LogP) is 3.44. The van der Waals surface area contributed by atoms with Crippen molar-refractivity contribution in [1.82, 2.24) is 16.0 Å². The molecule has 1 aliphatic rings. The lowest BCUT2D eigenvalue weighted by Crippen LogP contribution is -2.53. The minimum absolute atomic E-state index is 0. The van der Waals surface area contributed by atoms with E-state index in [1.165, 1.54) is 0 Å². The summed E-state index contributed by atoms with van der Waals surface area (Å²) in [5.41, 5.74) is -1.23. The van der Waals surface area contributed by atoms with E-state index in [1.54, 1.807) is 7.11 Å². The van der Waals surface area contributed by atoms with Crippen LogP contribution < -0.4 is 16.0 Å². The molecular weight excluding hydrogens is 499 g/mol. The summed E-state index contributed by atoms with van der Waals surface area (Å²) in [5, 5.41) is 9.74. The topological polar surface area (TPSA) is 93.2 Å². The predicted molar refractivity (Wildman–Crippen MR) is 132 cm³/mol. The molecular formula is C21H43IN4O4. The van der Waals surface area contributed by atoms with Crippen molar-refractivity contribution in [3.63, 3.8) is 0 Å². The van der Waals surface area contributed by atoms with Crippen molar-refractivity contribution in [2.75, 3.05) is 40.0 Å². The van der Waals surface area contributed by atoms with Crippen LogP contribution >= 0.6 is 24.0 Å². The summed E-state index contributed by atoms with van der Waals surface area (Å²) in [4.78, 5) is 17.1. The number of nitrogens with zero attached hydrogens (tertiary/aromatic N) is 1. The van der Waals surface area contributed by atoms with Gasteiger partial charge in [-0.25, -0.2) is 4.79 Å². The molecule has 0 aromatic heterocycles. The zero-order chi connectivity index (χ0) is 22.0. The molecule has 0 radical (unpaired) electrons. The molecule has 3 N–H and O–H groups in total. The third-order valence-corrected chi connectivity index (χ3v) is 5.42. The van der Waals surface area contributed by atoms with Crippen molar-refractivity contribution < 1.29 is 19.0 Å². The lowest BCUT2D eigenvalue weighted by Gasteiger charge is -2.36. The molecule has 0 aliphatic carbocycles. The van der Waals surface area contributed by atoms with Crippen LogP contribution in [0.2, 0.25) is 0 Å². The molecule has 30 heavy (non-hydrogen) atoms. The van der Waals surface area contributed by atoms with Gasteiger partial charge < -0.3 is 30.2 Å². The maximum atomic E-state index is 12.3. The molecule has 1 fully saturated rings. The van der Waals surface area contributed by atoms with E-state index in [9.17, 15) is 4.79 Å². The smallest absolute Gasteiger partial charge is 0.408 e. The molecule has 0 spiro atoms. The third-order valence-electron chi connectivity index (χ3n) is 5.42. The third kappa shape index (κ3) is 10.00. The summed E-state index contributed by atoms with van der Waals surface area (Å²) in [5.74, 6) is 0.715. The second kappa shape index (κ2) is 13.6. The van der Waals surface area contributed by atoms with Gasteiger partial charge >= 0.3 is 6.09 Å². The quantitative estimate of drug-likeness (QED) is 0.235. The van der Waals surface area contributed by atoms with Crippen LogP contribution in [0.25, 0.3) is 0 Å². The fourth-order valence-corrected chi connectivity index (χ4v) is 3.22. The lowest BCUT2D eigenvalue weighted by molar-refractivity contribution is -0.0855. The summed E-state index contributed by atoms with van der Waals surface area (Å²) < 4.78 is 16.7. The number of amides is 1. The van der Waals surface area contributed by atoms with E-state index in [-0.39, 0.29) is 29.6 Å². The fraction of sp³-hybridized carbons (Fsp3) is 0.905. The van der Waals surface area contributed by atoms with E-state index in [0.717, 1.165) is 32.2 Å². The number of methoxy groups -OCH3 is 1. The van der Waals surface area contributed by atoms with Gasteiger partial charge in [0, 0.05) is 46.3 Å². The van der Waals surface area contributed by atoms with Crippen LogP contribution in [-0.4, -0.2) is 68.8 Å². The standard InChI is InChI=1S/C21H42N4O4.HI/c1-8-20(9-2,25-18(26)29-19(4,5)6)15-23-17(22-10-3)24-16-21(27-7)11-13-28-14-12-21;/h8-16H2,1-7H3,(H,25,26)(H2,22,23,24);1H. The van der Waals surface area contributed by atoms with E-state index < -0.39 is 17.2 Å². The average Bonchev–Trinajstić information content (AvgIpc) is 2.68. The molecule has 9 heteroatoms. The number of ether oxygens (including phenoxy) is 3. The monoisotopic (exact) mass is 542 g/mol. The van der Waals surface area contributed by atoms with Gasteiger partial charge in [0.05, 0.1) is 17.7 Å². The van der Waals surface area contributed by atoms with E-state index in [0.29, 0.717) is 32.3 Å². The van der Waals surface area contributed by atoms with Crippen molar-refractivity contribution in [2.24, 2.45) is 4.99 Å². The van der Waals surface area contributed by atoms with Crippen molar-refractivity contribution >= 4 is 36.0 Å². The number of carbonyl (C=O) groups excluding carboxylic acids is 1. The van der Waals surface area contributed by atoms with Crippen molar-refractivity contribution in [3.8, 4) is 0 Å². The number of guanidine groups is 1. The van der Waals surface area contributed by atoms with Crippen LogP contribution in [0.4, 0.5) is 4.79 Å². The normalized spacial score (nSPS) is 17.0. The van der Waals surface area contributed by atoms with E-state index in [2.05, 4.69) is 29.8 Å². The molecule has 0 atom stereocenters. The molecule has 1 amide bonds. The molecule has 1 aliphatic heterocycles. The number of carbonyl (C=O) groups is 1. The first-order valence-corrected chi connectivity index (χ1v) is 10.8. The largest absolute Gasteiger partial charge is 0.444 e. The Labute approximate surface area is 199 Å². The van der Waals surface area contributed by atoms with Gasteiger partial charge in [-0.1, -0.05) is 13.8 Å². The minimum atomic E-state index is -0.533. The summed E-state index contributed by atoms with van der Waals surface area (Å²) in [7, 11) is 1.75. The molecule has 0 aromatic rings. The molecule has 0 saturated carbocycles. The number of hydrogen-bond donors (Lipinski definition) is 3. The first kappa shape index (κ1) is 29.2. The van der Waals surface area contributed by atoms with E-state index in [4.69, 9.17) is 19.2 Å². The van der Waals surface area contributed by atoms with Gasteiger partial charge in [-0.15, -0.1) is 24.0 Å². The van der Waals surface area contributed by atoms with Gasteiger partial charge in [0.2, 0.25) is 0 Å². The van der Waals surface area contributed by atoms with Gasteiger partial charge in [0.25, 0.3) is 0 Å². The number of nitrogens with one attached hydrogen (secondary N) is 3. The Morgan fingerprint density at radius 2 is 1.70 bits per heavy atom.